The summed E-state index contributed by atoms with van der Waals surface area (Å²) in [6.07, 6.45) is 23.8. The Hall–Kier alpha value is -2.84. The number of nitrogens with zero attached hydrogens (tertiary/aromatic N) is 2. The maximum absolute atomic E-state index is 5.96. The normalized spacial score (nSPS) is 10.8. The first-order valence-corrected chi connectivity index (χ1v) is 17.9. The molecule has 43 heavy (non-hydrogen) atoms. The average molecular weight is 603 g/mol. The quantitative estimate of drug-likeness (QED) is 0.0800. The van der Waals surface area contributed by atoms with E-state index in [1.165, 1.54) is 114 Å². The Balaban J connectivity index is 1.30. The summed E-state index contributed by atoms with van der Waals surface area (Å²) in [6.45, 7) is 6.10. The standard InChI is InChI=1S/C38H54N2O2S/c1-3-5-7-9-11-13-14-16-18-20-32-42-36-28-24-34(25-29-36)38-40-39-37(43-38)30-23-33-21-26-35(27-22-33)41-31-19-17-15-12-10-8-6-4-2/h21-22,24-29H,3-20,31-32H2,1-2H3. The minimum Gasteiger partial charge on any atom is -0.494 e. The molecule has 0 spiro atoms. The van der Waals surface area contributed by atoms with Gasteiger partial charge in [-0.25, -0.2) is 0 Å². The van der Waals surface area contributed by atoms with Crippen molar-refractivity contribution in [2.75, 3.05) is 13.2 Å². The summed E-state index contributed by atoms with van der Waals surface area (Å²) in [6, 6.07) is 16.2. The van der Waals surface area contributed by atoms with Gasteiger partial charge in [-0.1, -0.05) is 134 Å². The third-order valence-corrected chi connectivity index (χ3v) is 8.62. The van der Waals surface area contributed by atoms with Gasteiger partial charge in [-0.3, -0.25) is 0 Å². The summed E-state index contributed by atoms with van der Waals surface area (Å²) in [5.41, 5.74) is 1.98. The first-order valence-electron chi connectivity index (χ1n) is 17.1. The minimum absolute atomic E-state index is 0.714. The number of unbranched alkanes of at least 4 members (excludes halogenated alkanes) is 16. The van der Waals surface area contributed by atoms with Crippen LogP contribution in [0.4, 0.5) is 0 Å². The van der Waals surface area contributed by atoms with Gasteiger partial charge < -0.3 is 9.47 Å². The van der Waals surface area contributed by atoms with E-state index in [0.717, 1.165) is 53.7 Å². The monoisotopic (exact) mass is 602 g/mol. The zero-order chi connectivity index (χ0) is 30.2. The van der Waals surface area contributed by atoms with Gasteiger partial charge in [-0.15, -0.1) is 10.2 Å². The predicted molar refractivity (Wildman–Crippen MR) is 183 cm³/mol. The van der Waals surface area contributed by atoms with Crippen molar-refractivity contribution < 1.29 is 9.47 Å². The average Bonchev–Trinajstić information content (AvgIpc) is 3.52. The molecule has 0 radical (unpaired) electrons. The fraction of sp³-hybridized carbons (Fsp3) is 0.579. The number of ether oxygens (including phenoxy) is 2. The smallest absolute Gasteiger partial charge is 0.191 e. The molecule has 1 heterocycles. The highest BCUT2D eigenvalue weighted by Crippen LogP contribution is 2.25. The molecular formula is C38H54N2O2S. The molecule has 5 heteroatoms. The molecular weight excluding hydrogens is 548 g/mol. The molecule has 0 bridgehead atoms. The summed E-state index contributed by atoms with van der Waals surface area (Å²) in [5.74, 6) is 8.18. The van der Waals surface area contributed by atoms with Crippen LogP contribution in [0, 0.1) is 11.8 Å². The molecule has 1 aromatic heterocycles. The van der Waals surface area contributed by atoms with E-state index in [1.54, 1.807) is 0 Å². The summed E-state index contributed by atoms with van der Waals surface area (Å²) in [4.78, 5) is 0. The number of benzene rings is 2. The molecule has 0 aliphatic carbocycles. The maximum atomic E-state index is 5.96. The van der Waals surface area contributed by atoms with Crippen molar-refractivity contribution in [1.82, 2.24) is 10.2 Å². The van der Waals surface area contributed by atoms with E-state index in [4.69, 9.17) is 9.47 Å². The van der Waals surface area contributed by atoms with Crippen molar-refractivity contribution >= 4 is 11.3 Å². The number of aromatic nitrogens is 2. The van der Waals surface area contributed by atoms with Gasteiger partial charge in [0, 0.05) is 11.1 Å². The fourth-order valence-corrected chi connectivity index (χ4v) is 5.75. The predicted octanol–water partition coefficient (Wildman–Crippen LogP) is 11.4. The van der Waals surface area contributed by atoms with Crippen LogP contribution in [0.25, 0.3) is 10.6 Å². The highest BCUT2D eigenvalue weighted by molar-refractivity contribution is 7.15. The molecule has 0 unspecified atom stereocenters. The fourth-order valence-electron chi connectivity index (χ4n) is 5.05. The lowest BCUT2D eigenvalue weighted by atomic mass is 10.1. The van der Waals surface area contributed by atoms with E-state index in [9.17, 15) is 0 Å². The highest BCUT2D eigenvalue weighted by atomic mass is 32.1. The van der Waals surface area contributed by atoms with Gasteiger partial charge in [0.25, 0.3) is 0 Å². The minimum atomic E-state index is 0.714. The molecule has 4 nitrogen and oxygen atoms in total. The molecule has 2 aromatic carbocycles. The molecule has 0 saturated carbocycles. The molecule has 0 N–H and O–H groups in total. The van der Waals surface area contributed by atoms with E-state index in [-0.39, 0.29) is 0 Å². The largest absolute Gasteiger partial charge is 0.494 e. The lowest BCUT2D eigenvalue weighted by Crippen LogP contribution is -1.97. The molecule has 0 aliphatic heterocycles. The third-order valence-electron chi connectivity index (χ3n) is 7.73. The van der Waals surface area contributed by atoms with Gasteiger partial charge in [-0.05, 0) is 67.3 Å². The van der Waals surface area contributed by atoms with Gasteiger partial charge in [0.2, 0.25) is 0 Å². The van der Waals surface area contributed by atoms with Crippen LogP contribution in [0.2, 0.25) is 0 Å². The highest BCUT2D eigenvalue weighted by Gasteiger charge is 2.06. The van der Waals surface area contributed by atoms with Gasteiger partial charge >= 0.3 is 0 Å². The Morgan fingerprint density at radius 1 is 0.512 bits per heavy atom. The van der Waals surface area contributed by atoms with E-state index >= 15 is 0 Å². The number of hydrogen-bond acceptors (Lipinski definition) is 5. The Bertz CT molecular complexity index is 1160. The topological polar surface area (TPSA) is 44.2 Å². The van der Waals surface area contributed by atoms with Gasteiger partial charge in [0.1, 0.15) is 16.5 Å². The second kappa shape index (κ2) is 22.7. The first kappa shape index (κ1) is 34.6. The Morgan fingerprint density at radius 2 is 0.953 bits per heavy atom. The lowest BCUT2D eigenvalue weighted by Gasteiger charge is -2.06. The van der Waals surface area contributed by atoms with E-state index in [1.807, 2.05) is 36.4 Å². The molecule has 3 aromatic rings. The van der Waals surface area contributed by atoms with Crippen LogP contribution < -0.4 is 9.47 Å². The van der Waals surface area contributed by atoms with Crippen LogP contribution >= 0.6 is 11.3 Å². The molecule has 0 aliphatic rings. The van der Waals surface area contributed by atoms with Crippen molar-refractivity contribution in [2.24, 2.45) is 0 Å². The summed E-state index contributed by atoms with van der Waals surface area (Å²) < 4.78 is 11.9. The first-order chi connectivity index (χ1) is 21.3. The Morgan fingerprint density at radius 3 is 1.44 bits per heavy atom. The Labute approximate surface area is 266 Å². The van der Waals surface area contributed by atoms with E-state index in [2.05, 4.69) is 48.0 Å². The van der Waals surface area contributed by atoms with Crippen LogP contribution in [0.5, 0.6) is 11.5 Å². The molecule has 0 saturated heterocycles. The molecule has 3 rings (SSSR count). The number of rotatable bonds is 23. The number of hydrogen-bond donors (Lipinski definition) is 0. The molecule has 0 amide bonds. The zero-order valence-electron chi connectivity index (χ0n) is 26.9. The van der Waals surface area contributed by atoms with Crippen LogP contribution in [0.1, 0.15) is 140 Å². The van der Waals surface area contributed by atoms with Gasteiger partial charge in [0.15, 0.2) is 5.01 Å². The van der Waals surface area contributed by atoms with Gasteiger partial charge in [0.05, 0.1) is 13.2 Å². The molecule has 0 atom stereocenters. The molecule has 0 fully saturated rings. The van der Waals surface area contributed by atoms with Crippen LogP contribution in [-0.2, 0) is 0 Å². The second-order valence-corrected chi connectivity index (χ2v) is 12.5. The third kappa shape index (κ3) is 15.5. The van der Waals surface area contributed by atoms with Crippen molar-refractivity contribution in [2.45, 2.75) is 129 Å². The summed E-state index contributed by atoms with van der Waals surface area (Å²) in [7, 11) is 0. The molecule has 234 valence electrons. The summed E-state index contributed by atoms with van der Waals surface area (Å²) >= 11 is 1.51. The van der Waals surface area contributed by atoms with E-state index < -0.39 is 0 Å². The SMILES string of the molecule is CCCCCCCCCCCCOc1ccc(-c2nnc(C#Cc3ccc(OCCCCCCCCCC)cc3)s2)cc1. The van der Waals surface area contributed by atoms with Crippen LogP contribution in [0.3, 0.4) is 0 Å². The van der Waals surface area contributed by atoms with Crippen molar-refractivity contribution in [1.29, 1.82) is 0 Å². The maximum Gasteiger partial charge on any atom is 0.191 e. The Kier molecular flexibility index (Phi) is 18.3. The lowest BCUT2D eigenvalue weighted by molar-refractivity contribution is 0.304. The zero-order valence-corrected chi connectivity index (χ0v) is 27.7. The summed E-state index contributed by atoms with van der Waals surface area (Å²) in [5, 5.41) is 10.2. The second-order valence-electron chi connectivity index (χ2n) is 11.6. The van der Waals surface area contributed by atoms with Gasteiger partial charge in [-0.2, -0.15) is 0 Å². The van der Waals surface area contributed by atoms with Crippen molar-refractivity contribution in [3.05, 3.63) is 59.1 Å². The van der Waals surface area contributed by atoms with Crippen LogP contribution in [-0.4, -0.2) is 23.4 Å². The van der Waals surface area contributed by atoms with Crippen LogP contribution in [0.15, 0.2) is 48.5 Å². The van der Waals surface area contributed by atoms with Crippen molar-refractivity contribution in [3.63, 3.8) is 0 Å². The van der Waals surface area contributed by atoms with E-state index in [0.29, 0.717) is 5.01 Å². The van der Waals surface area contributed by atoms with Crippen molar-refractivity contribution in [3.8, 4) is 33.9 Å².